The summed E-state index contributed by atoms with van der Waals surface area (Å²) in [6.45, 7) is 1.50. The van der Waals surface area contributed by atoms with Crippen LogP contribution in [0.2, 0.25) is 5.02 Å². The molecule has 0 aliphatic heterocycles. The van der Waals surface area contributed by atoms with Crippen LogP contribution in [0.1, 0.15) is 28.4 Å². The zero-order valence-corrected chi connectivity index (χ0v) is 18.1. The van der Waals surface area contributed by atoms with Crippen molar-refractivity contribution in [3.63, 3.8) is 0 Å². The molecule has 2 amide bonds. The molecule has 6 nitrogen and oxygen atoms in total. The van der Waals surface area contributed by atoms with Crippen molar-refractivity contribution in [3.05, 3.63) is 101 Å². The summed E-state index contributed by atoms with van der Waals surface area (Å²) in [7, 11) is 0. The normalized spacial score (nSPS) is 10.6. The minimum Gasteiger partial charge on any atom is -0.427 e. The second-order valence-corrected chi connectivity index (χ2v) is 7.27. The van der Waals surface area contributed by atoms with Gasteiger partial charge in [0.05, 0.1) is 0 Å². The number of esters is 1. The predicted octanol–water partition coefficient (Wildman–Crippen LogP) is 4.85. The highest BCUT2D eigenvalue weighted by atomic mass is 35.5. The van der Waals surface area contributed by atoms with Crippen LogP contribution >= 0.6 is 11.6 Å². The first-order chi connectivity index (χ1) is 15.4. The standard InChI is InChI=1S/C25H21ClN2O4/c1-17(29)32-22-7-4-6-19(15-22)25(31)27-16-20-5-2-3-8-23(20)28-24(30)14-11-18-9-12-21(26)13-10-18/h2-15H,16H2,1H3,(H,27,31)(H,28,30)/b14-11+. The molecule has 0 bridgehead atoms. The fourth-order valence-corrected chi connectivity index (χ4v) is 2.99. The molecule has 3 rings (SSSR count). The maximum absolute atomic E-state index is 12.5. The molecule has 7 heteroatoms. The Morgan fingerprint density at radius 2 is 1.72 bits per heavy atom. The number of ether oxygens (including phenoxy) is 1. The van der Waals surface area contributed by atoms with E-state index in [-0.39, 0.29) is 18.4 Å². The van der Waals surface area contributed by atoms with E-state index in [9.17, 15) is 14.4 Å². The lowest BCUT2D eigenvalue weighted by Crippen LogP contribution is -2.23. The van der Waals surface area contributed by atoms with Crippen LogP contribution in [-0.2, 0) is 16.1 Å². The fraction of sp³-hybridized carbons (Fsp3) is 0.0800. The number of hydrogen-bond donors (Lipinski definition) is 2. The van der Waals surface area contributed by atoms with Crippen LogP contribution in [0.15, 0.2) is 78.9 Å². The average molecular weight is 449 g/mol. The lowest BCUT2D eigenvalue weighted by atomic mass is 10.1. The molecule has 32 heavy (non-hydrogen) atoms. The van der Waals surface area contributed by atoms with Crippen LogP contribution in [-0.4, -0.2) is 17.8 Å². The predicted molar refractivity (Wildman–Crippen MR) is 124 cm³/mol. The number of anilines is 1. The quantitative estimate of drug-likeness (QED) is 0.307. The highest BCUT2D eigenvalue weighted by molar-refractivity contribution is 6.30. The number of nitrogens with one attached hydrogen (secondary N) is 2. The first-order valence-electron chi connectivity index (χ1n) is 9.80. The van der Waals surface area contributed by atoms with Crippen molar-refractivity contribution in [2.45, 2.75) is 13.5 Å². The first-order valence-corrected chi connectivity index (χ1v) is 10.2. The zero-order chi connectivity index (χ0) is 22.9. The SMILES string of the molecule is CC(=O)Oc1cccc(C(=O)NCc2ccccc2NC(=O)/C=C/c2ccc(Cl)cc2)c1. The van der Waals surface area contributed by atoms with Crippen molar-refractivity contribution < 1.29 is 19.1 Å². The molecule has 0 fully saturated rings. The highest BCUT2D eigenvalue weighted by Crippen LogP contribution is 2.17. The Hall–Kier alpha value is -3.90. The molecule has 0 heterocycles. The van der Waals surface area contributed by atoms with Crippen LogP contribution in [0.4, 0.5) is 5.69 Å². The topological polar surface area (TPSA) is 84.5 Å². The minimum atomic E-state index is -0.461. The van der Waals surface area contributed by atoms with Gasteiger partial charge in [-0.25, -0.2) is 0 Å². The molecule has 162 valence electrons. The number of benzene rings is 3. The summed E-state index contributed by atoms with van der Waals surface area (Å²) in [5, 5.41) is 6.26. The van der Waals surface area contributed by atoms with E-state index >= 15 is 0 Å². The van der Waals surface area contributed by atoms with E-state index in [4.69, 9.17) is 16.3 Å². The maximum Gasteiger partial charge on any atom is 0.308 e. The fourth-order valence-electron chi connectivity index (χ4n) is 2.86. The van der Waals surface area contributed by atoms with Gasteiger partial charge in [0.15, 0.2) is 0 Å². The molecule has 0 aliphatic rings. The van der Waals surface area contributed by atoms with Crippen LogP contribution in [0.3, 0.4) is 0 Å². The monoisotopic (exact) mass is 448 g/mol. The Labute approximate surface area is 190 Å². The van der Waals surface area contributed by atoms with Crippen molar-refractivity contribution in [2.75, 3.05) is 5.32 Å². The largest absolute Gasteiger partial charge is 0.427 e. The smallest absolute Gasteiger partial charge is 0.308 e. The van der Waals surface area contributed by atoms with E-state index in [1.807, 2.05) is 24.3 Å². The molecule has 2 N–H and O–H groups in total. The molecule has 0 aromatic heterocycles. The van der Waals surface area contributed by atoms with E-state index in [1.54, 1.807) is 48.5 Å². The number of carbonyl (C=O) groups is 3. The van der Waals surface area contributed by atoms with E-state index < -0.39 is 5.97 Å². The summed E-state index contributed by atoms with van der Waals surface area (Å²) < 4.78 is 5.01. The van der Waals surface area contributed by atoms with Gasteiger partial charge in [0.1, 0.15) is 5.75 Å². The molecule has 3 aromatic carbocycles. The minimum absolute atomic E-state index is 0.202. The number of hydrogen-bond acceptors (Lipinski definition) is 4. The number of carbonyl (C=O) groups excluding carboxylic acids is 3. The Morgan fingerprint density at radius 1 is 0.969 bits per heavy atom. The Balaban J connectivity index is 1.62. The van der Waals surface area contributed by atoms with Gasteiger partial charge in [-0.05, 0) is 53.6 Å². The average Bonchev–Trinajstić information content (AvgIpc) is 2.77. The molecule has 0 saturated carbocycles. The van der Waals surface area contributed by atoms with Crippen LogP contribution in [0.5, 0.6) is 5.75 Å². The van der Waals surface area contributed by atoms with Gasteiger partial charge < -0.3 is 15.4 Å². The molecule has 0 atom stereocenters. The number of para-hydroxylation sites is 1. The van der Waals surface area contributed by atoms with Crippen molar-refractivity contribution in [1.82, 2.24) is 5.32 Å². The lowest BCUT2D eigenvalue weighted by molar-refractivity contribution is -0.131. The second kappa shape index (κ2) is 10.9. The van der Waals surface area contributed by atoms with Crippen molar-refractivity contribution in [2.24, 2.45) is 0 Å². The molecule has 0 saturated heterocycles. The first kappa shape index (κ1) is 22.8. The van der Waals surface area contributed by atoms with Gasteiger partial charge in [0.25, 0.3) is 5.91 Å². The molecule has 0 unspecified atom stereocenters. The lowest BCUT2D eigenvalue weighted by Gasteiger charge is -2.11. The number of halogens is 1. The molecule has 0 spiro atoms. The van der Waals surface area contributed by atoms with Gasteiger partial charge in [-0.15, -0.1) is 0 Å². The van der Waals surface area contributed by atoms with Crippen molar-refractivity contribution >= 4 is 41.1 Å². The highest BCUT2D eigenvalue weighted by Gasteiger charge is 2.10. The third kappa shape index (κ3) is 6.82. The van der Waals surface area contributed by atoms with Crippen molar-refractivity contribution in [3.8, 4) is 5.75 Å². The Bertz CT molecular complexity index is 1160. The number of amides is 2. The Kier molecular flexibility index (Phi) is 7.78. The van der Waals surface area contributed by atoms with Gasteiger partial charge in [0, 0.05) is 35.8 Å². The number of rotatable bonds is 7. The van der Waals surface area contributed by atoms with Crippen LogP contribution < -0.4 is 15.4 Å². The summed E-state index contributed by atoms with van der Waals surface area (Å²) in [6.07, 6.45) is 3.12. The summed E-state index contributed by atoms with van der Waals surface area (Å²) in [5.74, 6) is -0.793. The second-order valence-electron chi connectivity index (χ2n) is 6.84. The molecule has 0 aliphatic carbocycles. The third-order valence-electron chi connectivity index (χ3n) is 4.37. The molecular formula is C25H21ClN2O4. The van der Waals surface area contributed by atoms with Gasteiger partial charge >= 0.3 is 5.97 Å². The van der Waals surface area contributed by atoms with Gasteiger partial charge in [-0.3, -0.25) is 14.4 Å². The maximum atomic E-state index is 12.5. The molecule has 0 radical (unpaired) electrons. The summed E-state index contributed by atoms with van der Waals surface area (Å²) in [4.78, 5) is 36.0. The van der Waals surface area contributed by atoms with Crippen LogP contribution in [0.25, 0.3) is 6.08 Å². The zero-order valence-electron chi connectivity index (χ0n) is 17.3. The van der Waals surface area contributed by atoms with E-state index in [1.165, 1.54) is 19.1 Å². The van der Waals surface area contributed by atoms with Gasteiger partial charge in [-0.1, -0.05) is 48.0 Å². The van der Waals surface area contributed by atoms with Gasteiger partial charge in [-0.2, -0.15) is 0 Å². The molecule has 3 aromatic rings. The van der Waals surface area contributed by atoms with Crippen LogP contribution in [0, 0.1) is 0 Å². The van der Waals surface area contributed by atoms with Gasteiger partial charge in [0.2, 0.25) is 5.91 Å². The van der Waals surface area contributed by atoms with E-state index in [2.05, 4.69) is 10.6 Å². The summed E-state index contributed by atoms with van der Waals surface area (Å²) >= 11 is 5.86. The molecular weight excluding hydrogens is 428 g/mol. The van der Waals surface area contributed by atoms with E-state index in [0.29, 0.717) is 22.0 Å². The summed E-state index contributed by atoms with van der Waals surface area (Å²) in [5.41, 5.74) is 2.54. The van der Waals surface area contributed by atoms with E-state index in [0.717, 1.165) is 11.1 Å². The summed E-state index contributed by atoms with van der Waals surface area (Å²) in [6, 6.07) is 20.7. The third-order valence-corrected chi connectivity index (χ3v) is 4.62. The van der Waals surface area contributed by atoms with Crippen molar-refractivity contribution in [1.29, 1.82) is 0 Å². The Morgan fingerprint density at radius 3 is 2.47 bits per heavy atom.